The average Bonchev–Trinajstić information content (AvgIpc) is 3.20. The van der Waals surface area contributed by atoms with Crippen LogP contribution in [-0.2, 0) is 16.4 Å². The molecule has 1 amide bonds. The Bertz CT molecular complexity index is 941. The number of sulfonamides is 1. The molecule has 158 valence electrons. The molecule has 1 aromatic heterocycles. The Morgan fingerprint density at radius 3 is 2.69 bits per heavy atom. The van der Waals surface area contributed by atoms with Crippen LogP contribution in [0.3, 0.4) is 0 Å². The highest BCUT2D eigenvalue weighted by Gasteiger charge is 2.26. The molecule has 0 atom stereocenters. The largest absolute Gasteiger partial charge is 0.489 e. The molecule has 29 heavy (non-hydrogen) atoms. The second-order valence-corrected chi connectivity index (χ2v) is 9.60. The molecule has 0 saturated carbocycles. The van der Waals surface area contributed by atoms with E-state index in [0.717, 1.165) is 5.56 Å². The zero-order chi connectivity index (χ0) is 21.0. The number of piperidine rings is 1. The lowest BCUT2D eigenvalue weighted by Crippen LogP contribution is -2.41. The van der Waals surface area contributed by atoms with Gasteiger partial charge in [-0.1, -0.05) is 11.6 Å². The van der Waals surface area contributed by atoms with E-state index in [1.165, 1.54) is 10.6 Å². The van der Waals surface area contributed by atoms with E-state index >= 15 is 0 Å². The number of nitrogens with zero attached hydrogens (tertiary/aromatic N) is 3. The number of hydrogen-bond donors (Lipinski definition) is 1. The second-order valence-electron chi connectivity index (χ2n) is 7.21. The second kappa shape index (κ2) is 9.15. The lowest BCUT2D eigenvalue weighted by atomic mass is 10.1. The summed E-state index contributed by atoms with van der Waals surface area (Å²) >= 11 is 6.34. The van der Waals surface area contributed by atoms with Gasteiger partial charge in [0, 0.05) is 38.4 Å². The summed E-state index contributed by atoms with van der Waals surface area (Å²) < 4.78 is 30.6. The molecule has 1 aliphatic heterocycles. The van der Waals surface area contributed by atoms with Gasteiger partial charge < -0.3 is 9.64 Å². The smallest absolute Gasteiger partial charge is 0.253 e. The molecule has 0 radical (unpaired) electrons. The normalized spacial score (nSPS) is 16.0. The van der Waals surface area contributed by atoms with Gasteiger partial charge in [0.15, 0.2) is 0 Å². The van der Waals surface area contributed by atoms with Crippen molar-refractivity contribution in [2.75, 3.05) is 32.9 Å². The maximum atomic E-state index is 12.6. The van der Waals surface area contributed by atoms with E-state index in [4.69, 9.17) is 16.3 Å². The summed E-state index contributed by atoms with van der Waals surface area (Å²) in [6.45, 7) is 1.42. The zero-order valence-corrected chi connectivity index (χ0v) is 18.0. The molecule has 1 fully saturated rings. The Morgan fingerprint density at radius 2 is 2.10 bits per heavy atom. The number of H-pyrrole nitrogens is 1. The van der Waals surface area contributed by atoms with Gasteiger partial charge in [-0.2, -0.15) is 5.10 Å². The van der Waals surface area contributed by atoms with E-state index in [9.17, 15) is 13.2 Å². The Morgan fingerprint density at radius 1 is 1.38 bits per heavy atom. The molecular formula is C19H25ClN4O4S. The standard InChI is InChI=1S/C19H25ClN4O4S/c1-23(8-5-14-12-21-22-13-14)19(25)15-3-4-18(17(20)11-15)28-16-6-9-24(10-7-16)29(2,26)27/h3-4,11-13,16H,5-10H2,1-2H3,(H,21,22). The minimum absolute atomic E-state index is 0.107. The number of halogens is 1. The number of carbonyl (C=O) groups is 1. The highest BCUT2D eigenvalue weighted by Crippen LogP contribution is 2.29. The number of aromatic nitrogens is 2. The summed E-state index contributed by atoms with van der Waals surface area (Å²) in [6, 6.07) is 5.01. The van der Waals surface area contributed by atoms with Gasteiger partial charge in [-0.25, -0.2) is 12.7 Å². The molecule has 10 heteroatoms. The molecule has 1 aromatic carbocycles. The molecule has 0 spiro atoms. The Labute approximate surface area is 175 Å². The molecule has 1 saturated heterocycles. The number of aromatic amines is 1. The highest BCUT2D eigenvalue weighted by atomic mass is 35.5. The molecule has 3 rings (SSSR count). The van der Waals surface area contributed by atoms with Crippen LogP contribution in [-0.4, -0.2) is 72.8 Å². The summed E-state index contributed by atoms with van der Waals surface area (Å²) in [5.74, 6) is 0.380. The fourth-order valence-electron chi connectivity index (χ4n) is 3.22. The maximum absolute atomic E-state index is 12.6. The molecule has 2 aromatic rings. The third kappa shape index (κ3) is 5.71. The molecule has 0 unspecified atom stereocenters. The first-order chi connectivity index (χ1) is 13.7. The summed E-state index contributed by atoms with van der Waals surface area (Å²) in [6.07, 6.45) is 6.56. The van der Waals surface area contributed by atoms with Crippen LogP contribution in [0.5, 0.6) is 5.75 Å². The number of ether oxygens (including phenoxy) is 1. The number of nitrogens with one attached hydrogen (secondary N) is 1. The van der Waals surface area contributed by atoms with Gasteiger partial charge in [0.05, 0.1) is 17.5 Å². The molecule has 8 nitrogen and oxygen atoms in total. The number of benzene rings is 1. The van der Waals surface area contributed by atoms with Gasteiger partial charge in [0.2, 0.25) is 10.0 Å². The first-order valence-corrected chi connectivity index (χ1v) is 11.6. The van der Waals surface area contributed by atoms with Gasteiger partial charge in [-0.15, -0.1) is 0 Å². The van der Waals surface area contributed by atoms with E-state index in [2.05, 4.69) is 10.2 Å². The molecule has 0 aliphatic carbocycles. The van der Waals surface area contributed by atoms with Crippen molar-refractivity contribution in [1.82, 2.24) is 19.4 Å². The Hall–Kier alpha value is -2.10. The van der Waals surface area contributed by atoms with Gasteiger partial charge in [0.1, 0.15) is 11.9 Å². The SMILES string of the molecule is CN(CCc1cn[nH]c1)C(=O)c1ccc(OC2CCN(S(C)(=O)=O)CC2)c(Cl)c1. The van der Waals surface area contributed by atoms with Crippen LogP contribution in [0.25, 0.3) is 0 Å². The van der Waals surface area contributed by atoms with Gasteiger partial charge in [-0.3, -0.25) is 9.89 Å². The predicted molar refractivity (Wildman–Crippen MR) is 111 cm³/mol. The monoisotopic (exact) mass is 440 g/mol. The molecule has 1 N–H and O–H groups in total. The first kappa shape index (κ1) is 21.6. The van der Waals surface area contributed by atoms with E-state index in [1.54, 1.807) is 36.3 Å². The lowest BCUT2D eigenvalue weighted by molar-refractivity contribution is 0.0796. The van der Waals surface area contributed by atoms with Crippen LogP contribution in [0.2, 0.25) is 5.02 Å². The van der Waals surface area contributed by atoms with Crippen LogP contribution in [0.4, 0.5) is 0 Å². The topological polar surface area (TPSA) is 95.6 Å². The van der Waals surface area contributed by atoms with Crippen molar-refractivity contribution in [3.8, 4) is 5.75 Å². The van der Waals surface area contributed by atoms with Crippen molar-refractivity contribution in [2.24, 2.45) is 0 Å². The van der Waals surface area contributed by atoms with Crippen LogP contribution < -0.4 is 4.74 Å². The molecule has 2 heterocycles. The fourth-order valence-corrected chi connectivity index (χ4v) is 4.32. The number of rotatable bonds is 7. The highest BCUT2D eigenvalue weighted by molar-refractivity contribution is 7.88. The Balaban J connectivity index is 1.56. The third-order valence-electron chi connectivity index (χ3n) is 4.98. The maximum Gasteiger partial charge on any atom is 0.253 e. The van der Waals surface area contributed by atoms with Crippen molar-refractivity contribution in [3.05, 3.63) is 46.7 Å². The summed E-state index contributed by atoms with van der Waals surface area (Å²) in [7, 11) is -1.42. The van der Waals surface area contributed by atoms with Crippen molar-refractivity contribution in [3.63, 3.8) is 0 Å². The van der Waals surface area contributed by atoms with Gasteiger partial charge in [-0.05, 0) is 43.0 Å². The molecular weight excluding hydrogens is 416 g/mol. The zero-order valence-electron chi connectivity index (χ0n) is 16.5. The van der Waals surface area contributed by atoms with Crippen LogP contribution in [0, 0.1) is 0 Å². The van der Waals surface area contributed by atoms with Crippen LogP contribution in [0.15, 0.2) is 30.6 Å². The summed E-state index contributed by atoms with van der Waals surface area (Å²) in [5, 5.41) is 7.02. The summed E-state index contributed by atoms with van der Waals surface area (Å²) in [5.41, 5.74) is 1.53. The third-order valence-corrected chi connectivity index (χ3v) is 6.58. The number of amides is 1. The van der Waals surface area contributed by atoms with E-state index in [0.29, 0.717) is 55.2 Å². The minimum atomic E-state index is -3.17. The molecule has 1 aliphatic rings. The average molecular weight is 441 g/mol. The predicted octanol–water partition coefficient (Wildman–Crippen LogP) is 2.18. The number of hydrogen-bond acceptors (Lipinski definition) is 5. The lowest BCUT2D eigenvalue weighted by Gasteiger charge is -2.30. The minimum Gasteiger partial charge on any atom is -0.489 e. The van der Waals surface area contributed by atoms with E-state index in [1.807, 2.05) is 6.20 Å². The fraction of sp³-hybridized carbons (Fsp3) is 0.474. The van der Waals surface area contributed by atoms with Gasteiger partial charge >= 0.3 is 0 Å². The van der Waals surface area contributed by atoms with Crippen molar-refractivity contribution < 1.29 is 17.9 Å². The van der Waals surface area contributed by atoms with Crippen LogP contribution in [0.1, 0.15) is 28.8 Å². The Kier molecular flexibility index (Phi) is 6.81. The van der Waals surface area contributed by atoms with Crippen molar-refractivity contribution in [1.29, 1.82) is 0 Å². The molecule has 0 bridgehead atoms. The number of likely N-dealkylation sites (N-methyl/N-ethyl adjacent to an activating group) is 1. The van der Waals surface area contributed by atoms with Crippen molar-refractivity contribution in [2.45, 2.75) is 25.4 Å². The van der Waals surface area contributed by atoms with E-state index in [-0.39, 0.29) is 12.0 Å². The van der Waals surface area contributed by atoms with Crippen molar-refractivity contribution >= 4 is 27.5 Å². The van der Waals surface area contributed by atoms with Crippen LogP contribution >= 0.6 is 11.6 Å². The van der Waals surface area contributed by atoms with E-state index < -0.39 is 10.0 Å². The van der Waals surface area contributed by atoms with Gasteiger partial charge in [0.25, 0.3) is 5.91 Å². The quantitative estimate of drug-likeness (QED) is 0.711. The summed E-state index contributed by atoms with van der Waals surface area (Å²) in [4.78, 5) is 14.3. The number of carbonyl (C=O) groups excluding carboxylic acids is 1. The first-order valence-electron chi connectivity index (χ1n) is 9.38.